The van der Waals surface area contributed by atoms with Gasteiger partial charge >= 0.3 is 39.5 Å². The van der Waals surface area contributed by atoms with Crippen molar-refractivity contribution in [1.29, 1.82) is 0 Å². The lowest BCUT2D eigenvalue weighted by Crippen LogP contribution is -2.30. The largest absolute Gasteiger partial charge is 0.472 e. The smallest absolute Gasteiger partial charge is 0.462 e. The summed E-state index contributed by atoms with van der Waals surface area (Å²) in [6.07, 6.45) is 34.4. The van der Waals surface area contributed by atoms with Crippen LogP contribution in [0.4, 0.5) is 0 Å². The Balaban J connectivity index is 5.06. The lowest BCUT2D eigenvalue weighted by atomic mass is 10.00. The minimum Gasteiger partial charge on any atom is -0.462 e. The molecule has 0 radical (unpaired) electrons. The highest BCUT2D eigenvalue weighted by molar-refractivity contribution is 7.47. The van der Waals surface area contributed by atoms with Gasteiger partial charge in [0.1, 0.15) is 19.3 Å². The third-order valence-electron chi connectivity index (χ3n) is 14.1. The van der Waals surface area contributed by atoms with Gasteiger partial charge in [0.05, 0.1) is 26.4 Å². The number of hydrogen-bond acceptors (Lipinski definition) is 15. The van der Waals surface area contributed by atoms with Gasteiger partial charge in [0.25, 0.3) is 0 Å². The summed E-state index contributed by atoms with van der Waals surface area (Å²) in [6.45, 7) is 9.27. The summed E-state index contributed by atoms with van der Waals surface area (Å²) in [5, 5.41) is 10.5. The summed E-state index contributed by atoms with van der Waals surface area (Å²) in [6, 6.07) is 0. The Morgan fingerprint density at radius 2 is 0.646 bits per heavy atom. The van der Waals surface area contributed by atoms with Crippen LogP contribution in [0.1, 0.15) is 292 Å². The molecule has 19 heteroatoms. The Kier molecular flexibility index (Phi) is 51.5. The van der Waals surface area contributed by atoms with Crippen molar-refractivity contribution < 1.29 is 80.2 Å². The number of carbonyl (C=O) groups is 4. The van der Waals surface area contributed by atoms with Crippen LogP contribution >= 0.6 is 15.6 Å². The van der Waals surface area contributed by atoms with Crippen LogP contribution < -0.4 is 0 Å². The Hall–Kier alpha value is -1.94. The van der Waals surface area contributed by atoms with Gasteiger partial charge in [-0.3, -0.25) is 37.3 Å². The van der Waals surface area contributed by atoms with Gasteiger partial charge in [-0.2, -0.15) is 0 Å². The van der Waals surface area contributed by atoms with Gasteiger partial charge < -0.3 is 33.8 Å². The van der Waals surface area contributed by atoms with Gasteiger partial charge in [0.2, 0.25) is 0 Å². The number of phosphoric ester groups is 2. The number of esters is 4. The first kappa shape index (κ1) is 77.1. The fourth-order valence-corrected chi connectivity index (χ4v) is 10.4. The van der Waals surface area contributed by atoms with Gasteiger partial charge in [-0.25, -0.2) is 9.13 Å². The topological polar surface area (TPSA) is 237 Å². The lowest BCUT2D eigenvalue weighted by Gasteiger charge is -2.21. The first-order chi connectivity index (χ1) is 37.9. The van der Waals surface area contributed by atoms with Crippen LogP contribution in [0.5, 0.6) is 0 Å². The van der Waals surface area contributed by atoms with Crippen molar-refractivity contribution in [3.63, 3.8) is 0 Å². The molecule has 0 saturated carbocycles. The average molecular weight is 1170 g/mol. The van der Waals surface area contributed by atoms with E-state index in [1.54, 1.807) is 0 Å². The summed E-state index contributed by atoms with van der Waals surface area (Å²) in [7, 11) is -9.86. The standard InChI is InChI=1S/C60H116O17P2/c1-7-10-12-28-36-42-57(62)70-48-55(76-59(64)44-38-29-13-11-8-2)50-74-78(66,67)72-46-54(61)47-73-79(68,69)75-51-56(49-71-58(63)43-37-32-27-26-31-35-41-53(6)9-3)77-60(65)45-39-33-25-23-21-19-17-15-14-16-18-20-22-24-30-34-40-52(4)5/h52-56,61H,7-51H2,1-6H3,(H,66,67)(H,68,69)/t53?,54-,55+,56+/m0/s1. The van der Waals surface area contributed by atoms with E-state index >= 15 is 0 Å². The summed E-state index contributed by atoms with van der Waals surface area (Å²) >= 11 is 0. The molecule has 17 nitrogen and oxygen atoms in total. The van der Waals surface area contributed by atoms with E-state index in [9.17, 15) is 43.2 Å². The second-order valence-electron chi connectivity index (χ2n) is 22.5. The minimum absolute atomic E-state index is 0.0984. The molecule has 0 aromatic rings. The molecule has 0 aliphatic rings. The predicted molar refractivity (Wildman–Crippen MR) is 312 cm³/mol. The molecular weight excluding hydrogens is 1050 g/mol. The Morgan fingerprint density at radius 1 is 0.367 bits per heavy atom. The van der Waals surface area contributed by atoms with Gasteiger partial charge in [-0.05, 0) is 37.5 Å². The summed E-state index contributed by atoms with van der Waals surface area (Å²) < 4.78 is 67.4. The molecule has 0 aliphatic carbocycles. The molecule has 0 saturated heterocycles. The molecule has 468 valence electrons. The summed E-state index contributed by atoms with van der Waals surface area (Å²) in [4.78, 5) is 71.5. The Labute approximate surface area is 479 Å². The molecule has 0 amide bonds. The zero-order valence-corrected chi connectivity index (χ0v) is 52.4. The highest BCUT2D eigenvalue weighted by atomic mass is 31.2. The van der Waals surface area contributed by atoms with Crippen LogP contribution in [0, 0.1) is 11.8 Å². The highest BCUT2D eigenvalue weighted by Gasteiger charge is 2.30. The maximum Gasteiger partial charge on any atom is 0.472 e. The molecule has 6 atom stereocenters. The number of unbranched alkanes of at least 4 members (excludes halogenated alkanes) is 28. The van der Waals surface area contributed by atoms with Crippen LogP contribution in [0.15, 0.2) is 0 Å². The fraction of sp³-hybridized carbons (Fsp3) is 0.933. The molecule has 0 bridgehead atoms. The first-order valence-electron chi connectivity index (χ1n) is 31.5. The molecule has 3 N–H and O–H groups in total. The number of aliphatic hydroxyl groups is 1. The molecule has 3 unspecified atom stereocenters. The van der Waals surface area contributed by atoms with E-state index in [1.807, 2.05) is 0 Å². The van der Waals surface area contributed by atoms with Crippen LogP contribution in [0.2, 0.25) is 0 Å². The molecule has 0 rings (SSSR count). The van der Waals surface area contributed by atoms with Crippen LogP contribution in [0.3, 0.4) is 0 Å². The van der Waals surface area contributed by atoms with Gasteiger partial charge in [0, 0.05) is 25.7 Å². The Bertz CT molecular complexity index is 1570. The second kappa shape index (κ2) is 52.8. The van der Waals surface area contributed by atoms with E-state index in [0.29, 0.717) is 25.7 Å². The monoisotopic (exact) mass is 1170 g/mol. The van der Waals surface area contributed by atoms with E-state index in [4.69, 9.17) is 37.0 Å². The fourth-order valence-electron chi connectivity index (χ4n) is 8.79. The van der Waals surface area contributed by atoms with Crippen molar-refractivity contribution >= 4 is 39.5 Å². The summed E-state index contributed by atoms with van der Waals surface area (Å²) in [5.74, 6) is -0.623. The first-order valence-corrected chi connectivity index (χ1v) is 34.5. The van der Waals surface area contributed by atoms with E-state index < -0.39 is 97.5 Å². The molecule has 0 fully saturated rings. The maximum atomic E-state index is 12.9. The zero-order chi connectivity index (χ0) is 58.7. The van der Waals surface area contributed by atoms with E-state index in [-0.39, 0.29) is 25.7 Å². The average Bonchev–Trinajstić information content (AvgIpc) is 3.41. The molecule has 79 heavy (non-hydrogen) atoms. The van der Waals surface area contributed by atoms with Crippen molar-refractivity contribution in [1.82, 2.24) is 0 Å². The lowest BCUT2D eigenvalue weighted by molar-refractivity contribution is -0.161. The molecular formula is C60H116O17P2. The van der Waals surface area contributed by atoms with Crippen LogP contribution in [-0.2, 0) is 65.4 Å². The molecule has 0 spiro atoms. The molecule has 0 heterocycles. The van der Waals surface area contributed by atoms with Gasteiger partial charge in [-0.15, -0.1) is 0 Å². The quantitative estimate of drug-likeness (QED) is 0.0222. The number of phosphoric acid groups is 2. The van der Waals surface area contributed by atoms with E-state index in [1.165, 1.54) is 96.3 Å². The van der Waals surface area contributed by atoms with Crippen molar-refractivity contribution in [2.75, 3.05) is 39.6 Å². The second-order valence-corrected chi connectivity index (χ2v) is 25.4. The Morgan fingerprint density at radius 3 is 0.962 bits per heavy atom. The summed E-state index contributed by atoms with van der Waals surface area (Å²) in [5.41, 5.74) is 0. The van der Waals surface area contributed by atoms with E-state index in [0.717, 1.165) is 115 Å². The van der Waals surface area contributed by atoms with Crippen molar-refractivity contribution in [3.05, 3.63) is 0 Å². The molecule has 0 aromatic carbocycles. The third-order valence-corrected chi connectivity index (χ3v) is 16.0. The van der Waals surface area contributed by atoms with Gasteiger partial charge in [-0.1, -0.05) is 241 Å². The van der Waals surface area contributed by atoms with Gasteiger partial charge in [0.15, 0.2) is 12.2 Å². The number of carbonyl (C=O) groups excluding carboxylic acids is 4. The van der Waals surface area contributed by atoms with Crippen LogP contribution in [-0.4, -0.2) is 96.7 Å². The predicted octanol–water partition coefficient (Wildman–Crippen LogP) is 16.1. The number of rotatable bonds is 59. The number of hydrogen-bond donors (Lipinski definition) is 3. The third kappa shape index (κ3) is 53.8. The van der Waals surface area contributed by atoms with Crippen molar-refractivity contribution in [2.45, 2.75) is 310 Å². The minimum atomic E-state index is -4.94. The van der Waals surface area contributed by atoms with Crippen LogP contribution in [0.25, 0.3) is 0 Å². The molecule has 0 aliphatic heterocycles. The SMILES string of the molecule is CCCCCCCC(=O)OC[C@H](COP(=O)(O)OC[C@H](O)COP(=O)(O)OC[C@@H](COC(=O)CCCCCCCCC(C)CC)OC(=O)CCCCCCCCCCCCCCCCCCC(C)C)OC(=O)CCCCCCC. The van der Waals surface area contributed by atoms with Crippen molar-refractivity contribution in [3.8, 4) is 0 Å². The number of aliphatic hydroxyl groups excluding tert-OH is 1. The molecule has 0 aromatic heterocycles. The zero-order valence-electron chi connectivity index (χ0n) is 50.7. The maximum absolute atomic E-state index is 12.9. The van der Waals surface area contributed by atoms with Crippen molar-refractivity contribution in [2.24, 2.45) is 11.8 Å². The number of ether oxygens (including phenoxy) is 4. The highest BCUT2D eigenvalue weighted by Crippen LogP contribution is 2.45. The normalized spacial score (nSPS) is 14.8. The van der Waals surface area contributed by atoms with E-state index in [2.05, 4.69) is 41.5 Å².